The number of rotatable bonds is 7. The highest BCUT2D eigenvalue weighted by Gasteiger charge is 2.01. The zero-order chi connectivity index (χ0) is 10.2. The molecule has 0 saturated heterocycles. The second-order valence-electron chi connectivity index (χ2n) is 3.04. The molecule has 0 fully saturated rings. The molecule has 80 valence electrons. The van der Waals surface area contributed by atoms with Gasteiger partial charge < -0.3 is 10.5 Å². The smallest absolute Gasteiger partial charge is 0.152 e. The fourth-order valence-electron chi connectivity index (χ4n) is 1.14. The van der Waals surface area contributed by atoms with Gasteiger partial charge in [0.05, 0.1) is 6.61 Å². The Morgan fingerprint density at radius 2 is 2.29 bits per heavy atom. The van der Waals surface area contributed by atoms with Gasteiger partial charge in [0.25, 0.3) is 0 Å². The van der Waals surface area contributed by atoms with Crippen LogP contribution in [-0.2, 0) is 17.6 Å². The maximum atomic E-state index is 5.40. The second-order valence-corrected chi connectivity index (χ2v) is 3.04. The second kappa shape index (κ2) is 6.50. The van der Waals surface area contributed by atoms with Gasteiger partial charge in [0.2, 0.25) is 0 Å². The number of nitrogens with zero attached hydrogens (tertiary/aromatic N) is 2. The first kappa shape index (κ1) is 11.1. The Hall–Kier alpha value is -0.940. The zero-order valence-corrected chi connectivity index (χ0v) is 8.62. The molecule has 0 aliphatic heterocycles. The number of nitrogens with two attached hydrogens (primary N) is 1. The predicted octanol–water partition coefficient (Wildman–Crippen LogP) is 0.275. The maximum absolute atomic E-state index is 5.40. The topological polar surface area (TPSA) is 76.8 Å². The molecule has 0 aliphatic carbocycles. The van der Waals surface area contributed by atoms with Crippen LogP contribution in [0.15, 0.2) is 0 Å². The third-order valence-corrected chi connectivity index (χ3v) is 1.87. The molecule has 0 unspecified atom stereocenters. The molecule has 1 aromatic heterocycles. The average Bonchev–Trinajstić information content (AvgIpc) is 2.63. The Balaban J connectivity index is 2.27. The van der Waals surface area contributed by atoms with Crippen LogP contribution in [0.3, 0.4) is 0 Å². The Labute approximate surface area is 84.1 Å². The first-order chi connectivity index (χ1) is 6.86. The summed E-state index contributed by atoms with van der Waals surface area (Å²) in [5, 5.41) is 6.98. The van der Waals surface area contributed by atoms with Crippen LogP contribution in [0.4, 0.5) is 0 Å². The number of hydrogen-bond donors (Lipinski definition) is 2. The van der Waals surface area contributed by atoms with Crippen molar-refractivity contribution in [3.63, 3.8) is 0 Å². The van der Waals surface area contributed by atoms with E-state index in [0.717, 1.165) is 37.5 Å². The van der Waals surface area contributed by atoms with Crippen molar-refractivity contribution in [1.29, 1.82) is 0 Å². The highest BCUT2D eigenvalue weighted by atomic mass is 16.5. The summed E-state index contributed by atoms with van der Waals surface area (Å²) < 4.78 is 5.21. The number of H-pyrrole nitrogens is 1. The van der Waals surface area contributed by atoms with E-state index in [1.54, 1.807) is 0 Å². The van der Waals surface area contributed by atoms with E-state index in [2.05, 4.69) is 15.2 Å². The van der Waals surface area contributed by atoms with Gasteiger partial charge in [-0.2, -0.15) is 5.10 Å². The van der Waals surface area contributed by atoms with Crippen LogP contribution in [0, 0.1) is 0 Å². The molecule has 3 N–H and O–H groups in total. The monoisotopic (exact) mass is 198 g/mol. The highest BCUT2D eigenvalue weighted by molar-refractivity contribution is 4.90. The largest absolute Gasteiger partial charge is 0.381 e. The molecular weight excluding hydrogens is 180 g/mol. The molecule has 0 aliphatic rings. The molecule has 5 nitrogen and oxygen atoms in total. The number of aromatic amines is 1. The minimum Gasteiger partial charge on any atom is -0.381 e. The normalized spacial score (nSPS) is 10.7. The number of ether oxygens (including phenoxy) is 1. The van der Waals surface area contributed by atoms with Gasteiger partial charge in [-0.25, -0.2) is 4.98 Å². The summed E-state index contributed by atoms with van der Waals surface area (Å²) in [5.41, 5.74) is 5.40. The number of hydrogen-bond acceptors (Lipinski definition) is 4. The van der Waals surface area contributed by atoms with Crippen LogP contribution in [0.25, 0.3) is 0 Å². The van der Waals surface area contributed by atoms with Crippen molar-refractivity contribution < 1.29 is 4.74 Å². The van der Waals surface area contributed by atoms with Gasteiger partial charge in [-0.1, -0.05) is 0 Å². The number of aromatic nitrogens is 3. The highest BCUT2D eigenvalue weighted by Crippen LogP contribution is 1.97. The molecule has 0 bridgehead atoms. The van der Waals surface area contributed by atoms with E-state index in [0.29, 0.717) is 13.2 Å². The van der Waals surface area contributed by atoms with Crippen LogP contribution >= 0.6 is 0 Å². The summed E-state index contributed by atoms with van der Waals surface area (Å²) in [6.07, 6.45) is 2.59. The summed E-state index contributed by atoms with van der Waals surface area (Å²) in [5.74, 6) is 1.74. The van der Waals surface area contributed by atoms with E-state index in [9.17, 15) is 0 Å². The van der Waals surface area contributed by atoms with Crippen molar-refractivity contribution >= 4 is 0 Å². The van der Waals surface area contributed by atoms with Crippen LogP contribution in [0.1, 0.15) is 25.0 Å². The van der Waals surface area contributed by atoms with Crippen molar-refractivity contribution in [2.24, 2.45) is 5.73 Å². The van der Waals surface area contributed by atoms with Crippen molar-refractivity contribution in [2.45, 2.75) is 26.2 Å². The molecule has 0 saturated carbocycles. The van der Waals surface area contributed by atoms with Gasteiger partial charge in [0.1, 0.15) is 5.82 Å². The van der Waals surface area contributed by atoms with E-state index >= 15 is 0 Å². The molecule has 0 atom stereocenters. The first-order valence-corrected chi connectivity index (χ1v) is 5.04. The van der Waals surface area contributed by atoms with Crippen molar-refractivity contribution in [1.82, 2.24) is 15.2 Å². The van der Waals surface area contributed by atoms with Crippen LogP contribution < -0.4 is 5.73 Å². The van der Waals surface area contributed by atoms with Crippen molar-refractivity contribution in [2.75, 3.05) is 19.8 Å². The minimum absolute atomic E-state index is 0.685. The standard InChI is InChI=1S/C9H18N4O/c1-2-14-7-5-9-11-8(12-13-9)4-3-6-10/h2-7,10H2,1H3,(H,11,12,13). The number of aryl methyl sites for hydroxylation is 1. The fourth-order valence-corrected chi connectivity index (χ4v) is 1.14. The molecule has 1 aromatic rings. The third kappa shape index (κ3) is 3.85. The number of nitrogens with one attached hydrogen (secondary N) is 1. The van der Waals surface area contributed by atoms with Gasteiger partial charge in [0, 0.05) is 19.4 Å². The summed E-state index contributed by atoms with van der Waals surface area (Å²) >= 11 is 0. The molecule has 1 heterocycles. The Kier molecular flexibility index (Phi) is 5.17. The molecule has 14 heavy (non-hydrogen) atoms. The molecule has 0 aromatic carbocycles. The quantitative estimate of drug-likeness (QED) is 0.617. The first-order valence-electron chi connectivity index (χ1n) is 5.04. The summed E-state index contributed by atoms with van der Waals surface area (Å²) in [6, 6.07) is 0. The third-order valence-electron chi connectivity index (χ3n) is 1.87. The van der Waals surface area contributed by atoms with E-state index in [1.165, 1.54) is 0 Å². The molecule has 0 radical (unpaired) electrons. The lowest BCUT2D eigenvalue weighted by Gasteiger charge is -1.95. The summed E-state index contributed by atoms with van der Waals surface area (Å²) in [7, 11) is 0. The minimum atomic E-state index is 0.685. The van der Waals surface area contributed by atoms with Gasteiger partial charge in [-0.15, -0.1) is 0 Å². The Morgan fingerprint density at radius 3 is 3.00 bits per heavy atom. The van der Waals surface area contributed by atoms with Crippen LogP contribution in [-0.4, -0.2) is 34.9 Å². The lowest BCUT2D eigenvalue weighted by Crippen LogP contribution is -2.02. The van der Waals surface area contributed by atoms with Crippen molar-refractivity contribution in [3.05, 3.63) is 11.6 Å². The SMILES string of the molecule is CCOCCc1n[nH]c(CCCN)n1. The Bertz CT molecular complexity index is 249. The van der Waals surface area contributed by atoms with E-state index in [4.69, 9.17) is 10.5 Å². The van der Waals surface area contributed by atoms with Gasteiger partial charge in [0.15, 0.2) is 5.82 Å². The van der Waals surface area contributed by atoms with Crippen LogP contribution in [0.5, 0.6) is 0 Å². The molecule has 0 amide bonds. The van der Waals surface area contributed by atoms with Gasteiger partial charge in [-0.05, 0) is 19.9 Å². The Morgan fingerprint density at radius 1 is 1.43 bits per heavy atom. The predicted molar refractivity (Wildman–Crippen MR) is 54.0 cm³/mol. The average molecular weight is 198 g/mol. The zero-order valence-electron chi connectivity index (χ0n) is 8.62. The van der Waals surface area contributed by atoms with E-state index in [-0.39, 0.29) is 0 Å². The van der Waals surface area contributed by atoms with Gasteiger partial charge >= 0.3 is 0 Å². The lowest BCUT2D eigenvalue weighted by atomic mass is 10.3. The van der Waals surface area contributed by atoms with Gasteiger partial charge in [-0.3, -0.25) is 5.10 Å². The van der Waals surface area contributed by atoms with Crippen LogP contribution in [0.2, 0.25) is 0 Å². The fraction of sp³-hybridized carbons (Fsp3) is 0.778. The molecule has 1 rings (SSSR count). The van der Waals surface area contributed by atoms with E-state index in [1.807, 2.05) is 6.92 Å². The maximum Gasteiger partial charge on any atom is 0.152 e. The van der Waals surface area contributed by atoms with Crippen molar-refractivity contribution in [3.8, 4) is 0 Å². The molecular formula is C9H18N4O. The lowest BCUT2D eigenvalue weighted by molar-refractivity contribution is 0.149. The molecule has 0 spiro atoms. The summed E-state index contributed by atoms with van der Waals surface area (Å²) in [4.78, 5) is 4.32. The molecule has 5 heteroatoms. The summed E-state index contributed by atoms with van der Waals surface area (Å²) in [6.45, 7) is 4.09. The van der Waals surface area contributed by atoms with E-state index < -0.39 is 0 Å².